The highest BCUT2D eigenvalue weighted by Gasteiger charge is 2.20. The molecule has 0 aromatic rings. The minimum atomic E-state index is -0.644. The molecule has 2 atom stereocenters. The van der Waals surface area contributed by atoms with E-state index in [4.69, 9.17) is 5.11 Å². The first-order valence-electron chi connectivity index (χ1n) is 4.02. The molecule has 0 saturated carbocycles. The number of hydrogen-bond acceptors (Lipinski definition) is 2. The fourth-order valence-electron chi connectivity index (χ4n) is 1.52. The van der Waals surface area contributed by atoms with Crippen LogP contribution in [0.5, 0.6) is 0 Å². The third-order valence-electron chi connectivity index (χ3n) is 2.06. The van der Waals surface area contributed by atoms with E-state index in [1.54, 1.807) is 0 Å². The topological polar surface area (TPSA) is 37.3 Å². The van der Waals surface area contributed by atoms with Crippen LogP contribution in [0, 0.1) is 5.92 Å². The Bertz CT molecular complexity index is 147. The molecule has 2 unspecified atom stereocenters. The summed E-state index contributed by atoms with van der Waals surface area (Å²) in [5.74, 6) is 0.928. The molecule has 0 radical (unpaired) electrons. The molecule has 1 saturated heterocycles. The van der Waals surface area contributed by atoms with Crippen LogP contribution >= 0.6 is 11.8 Å². The molecule has 3 heteroatoms. The van der Waals surface area contributed by atoms with Gasteiger partial charge in [0.2, 0.25) is 0 Å². The van der Waals surface area contributed by atoms with Gasteiger partial charge in [0, 0.05) is 11.7 Å². The molecule has 0 aromatic carbocycles. The summed E-state index contributed by atoms with van der Waals surface area (Å²) in [7, 11) is 0. The predicted molar refractivity (Wildman–Crippen MR) is 46.9 cm³/mol. The van der Waals surface area contributed by atoms with Crippen molar-refractivity contribution in [2.45, 2.75) is 31.4 Å². The van der Waals surface area contributed by atoms with Crippen molar-refractivity contribution in [3.8, 4) is 0 Å². The van der Waals surface area contributed by atoms with Crippen molar-refractivity contribution in [2.75, 3.05) is 5.75 Å². The Kier molecular flexibility index (Phi) is 3.24. The summed E-state index contributed by atoms with van der Waals surface area (Å²) in [6.07, 6.45) is 2.53. The maximum absolute atomic E-state index is 10.4. The molecule has 1 heterocycles. The largest absolute Gasteiger partial charge is 0.481 e. The van der Waals surface area contributed by atoms with E-state index in [0.717, 1.165) is 18.6 Å². The van der Waals surface area contributed by atoms with E-state index in [-0.39, 0.29) is 0 Å². The molecule has 1 aliphatic heterocycles. The minimum absolute atomic E-state index is 0.366. The molecule has 2 nitrogen and oxygen atoms in total. The Morgan fingerprint density at radius 2 is 2.45 bits per heavy atom. The summed E-state index contributed by atoms with van der Waals surface area (Å²) in [6, 6.07) is 0. The molecule has 0 aromatic heterocycles. The van der Waals surface area contributed by atoms with Crippen LogP contribution in [-0.4, -0.2) is 22.1 Å². The third-order valence-corrected chi connectivity index (χ3v) is 3.29. The molecule has 64 valence electrons. The van der Waals surface area contributed by atoms with E-state index in [2.05, 4.69) is 6.92 Å². The van der Waals surface area contributed by atoms with Gasteiger partial charge in [-0.1, -0.05) is 6.92 Å². The van der Waals surface area contributed by atoms with Gasteiger partial charge in [0.05, 0.1) is 0 Å². The van der Waals surface area contributed by atoms with Crippen molar-refractivity contribution < 1.29 is 9.90 Å². The maximum atomic E-state index is 10.4. The Labute approximate surface area is 71.4 Å². The van der Waals surface area contributed by atoms with Gasteiger partial charge in [0.15, 0.2) is 0 Å². The van der Waals surface area contributed by atoms with Crippen molar-refractivity contribution in [3.63, 3.8) is 0 Å². The first kappa shape index (κ1) is 8.91. The molecular weight excluding hydrogens is 160 g/mol. The Morgan fingerprint density at radius 1 is 1.73 bits per heavy atom. The summed E-state index contributed by atoms with van der Waals surface area (Å²) in [4.78, 5) is 10.4. The lowest BCUT2D eigenvalue weighted by atomic mass is 9.96. The first-order chi connectivity index (χ1) is 5.18. The number of rotatable bonds is 2. The molecule has 0 bridgehead atoms. The summed E-state index contributed by atoms with van der Waals surface area (Å²) < 4.78 is 0. The number of carboxylic acids is 1. The molecule has 0 amide bonds. The van der Waals surface area contributed by atoms with Crippen molar-refractivity contribution in [3.05, 3.63) is 0 Å². The fourth-order valence-corrected chi connectivity index (χ4v) is 2.80. The maximum Gasteiger partial charge on any atom is 0.303 e. The summed E-state index contributed by atoms with van der Waals surface area (Å²) >= 11 is 1.96. The zero-order chi connectivity index (χ0) is 8.27. The lowest BCUT2D eigenvalue weighted by Crippen LogP contribution is -2.18. The van der Waals surface area contributed by atoms with E-state index in [1.165, 1.54) is 0 Å². The Morgan fingerprint density at radius 3 is 3.00 bits per heavy atom. The van der Waals surface area contributed by atoms with E-state index < -0.39 is 5.97 Å². The highest BCUT2D eigenvalue weighted by molar-refractivity contribution is 7.99. The molecular formula is C8H14O2S. The van der Waals surface area contributed by atoms with Crippen molar-refractivity contribution in [1.82, 2.24) is 0 Å². The summed E-state index contributed by atoms with van der Waals surface area (Å²) in [5.41, 5.74) is 0. The number of aliphatic carboxylic acids is 1. The second-order valence-corrected chi connectivity index (χ2v) is 4.72. The Hall–Kier alpha value is -0.180. The van der Waals surface area contributed by atoms with Gasteiger partial charge >= 0.3 is 5.97 Å². The van der Waals surface area contributed by atoms with Crippen LogP contribution in [0.4, 0.5) is 0 Å². The van der Waals surface area contributed by atoms with Gasteiger partial charge < -0.3 is 5.11 Å². The molecule has 1 rings (SSSR count). The fraction of sp³-hybridized carbons (Fsp3) is 0.875. The summed E-state index contributed by atoms with van der Waals surface area (Å²) in [6.45, 7) is 2.18. The van der Waals surface area contributed by atoms with Crippen LogP contribution in [0.15, 0.2) is 0 Å². The number of carbonyl (C=O) groups is 1. The van der Waals surface area contributed by atoms with Crippen LogP contribution in [0.2, 0.25) is 0 Å². The molecule has 1 N–H and O–H groups in total. The third kappa shape index (κ3) is 3.14. The van der Waals surface area contributed by atoms with Crippen LogP contribution in [0.1, 0.15) is 26.2 Å². The quantitative estimate of drug-likeness (QED) is 0.695. The smallest absolute Gasteiger partial charge is 0.303 e. The minimum Gasteiger partial charge on any atom is -0.481 e. The van der Waals surface area contributed by atoms with Crippen LogP contribution in [0.3, 0.4) is 0 Å². The molecule has 0 aliphatic carbocycles. The van der Waals surface area contributed by atoms with Gasteiger partial charge in [0.25, 0.3) is 0 Å². The van der Waals surface area contributed by atoms with E-state index in [1.807, 2.05) is 11.8 Å². The van der Waals surface area contributed by atoms with Crippen LogP contribution in [0.25, 0.3) is 0 Å². The normalized spacial score (nSPS) is 31.7. The number of carboxylic acid groups (broad SMARTS) is 1. The van der Waals surface area contributed by atoms with Crippen molar-refractivity contribution in [2.24, 2.45) is 5.92 Å². The first-order valence-corrected chi connectivity index (χ1v) is 5.06. The molecule has 1 fully saturated rings. The van der Waals surface area contributed by atoms with E-state index >= 15 is 0 Å². The van der Waals surface area contributed by atoms with E-state index in [0.29, 0.717) is 17.6 Å². The van der Waals surface area contributed by atoms with E-state index in [9.17, 15) is 4.79 Å². The molecule has 1 aliphatic rings. The molecule has 0 spiro atoms. The van der Waals surface area contributed by atoms with Gasteiger partial charge in [-0.15, -0.1) is 0 Å². The van der Waals surface area contributed by atoms with Crippen molar-refractivity contribution >= 4 is 17.7 Å². The second kappa shape index (κ2) is 4.00. The lowest BCUT2D eigenvalue weighted by Gasteiger charge is -2.24. The summed E-state index contributed by atoms with van der Waals surface area (Å²) in [5, 5.41) is 9.21. The zero-order valence-corrected chi connectivity index (χ0v) is 7.56. The average Bonchev–Trinajstić information content (AvgIpc) is 1.85. The van der Waals surface area contributed by atoms with Gasteiger partial charge in [0.1, 0.15) is 0 Å². The second-order valence-electron chi connectivity index (χ2n) is 3.17. The Balaban J connectivity index is 2.28. The zero-order valence-electron chi connectivity index (χ0n) is 6.75. The van der Waals surface area contributed by atoms with Gasteiger partial charge in [-0.25, -0.2) is 0 Å². The standard InChI is InChI=1S/C8H14O2S/c1-6-4-7(2-3-11-6)5-8(9)10/h6-7H,2-5H2,1H3,(H,9,10). The lowest BCUT2D eigenvalue weighted by molar-refractivity contribution is -0.138. The van der Waals surface area contributed by atoms with Gasteiger partial charge in [-0.05, 0) is 24.5 Å². The predicted octanol–water partition coefficient (Wildman–Crippen LogP) is 1.99. The SMILES string of the molecule is CC1CC(CC(=O)O)CCS1. The van der Waals surface area contributed by atoms with Crippen LogP contribution in [-0.2, 0) is 4.79 Å². The monoisotopic (exact) mass is 174 g/mol. The number of thioether (sulfide) groups is 1. The molecule has 11 heavy (non-hydrogen) atoms. The number of hydrogen-bond donors (Lipinski definition) is 1. The highest BCUT2D eigenvalue weighted by Crippen LogP contribution is 2.30. The van der Waals surface area contributed by atoms with Gasteiger partial charge in [-0.3, -0.25) is 4.79 Å². The average molecular weight is 174 g/mol. The highest BCUT2D eigenvalue weighted by atomic mass is 32.2. The van der Waals surface area contributed by atoms with Crippen molar-refractivity contribution in [1.29, 1.82) is 0 Å². The van der Waals surface area contributed by atoms with Gasteiger partial charge in [-0.2, -0.15) is 11.8 Å². The van der Waals surface area contributed by atoms with Crippen LogP contribution < -0.4 is 0 Å².